The van der Waals surface area contributed by atoms with E-state index in [4.69, 9.17) is 14.2 Å². The molecule has 0 aromatic carbocycles. The molecule has 0 bridgehead atoms. The highest BCUT2D eigenvalue weighted by Gasteiger charge is 2.17. The van der Waals surface area contributed by atoms with E-state index >= 15 is 0 Å². The maximum atomic E-state index is 12.8. The molecule has 5 nitrogen and oxygen atoms in total. The fraction of sp³-hybridized carbons (Fsp3) is 0.672. The molecule has 0 aliphatic heterocycles. The highest BCUT2D eigenvalue weighted by atomic mass is 16.6. The van der Waals surface area contributed by atoms with Crippen LogP contribution in [0.1, 0.15) is 239 Å². The minimum absolute atomic E-state index is 0.0434. The number of ether oxygens (including phenoxy) is 3. The van der Waals surface area contributed by atoms with Crippen molar-refractivity contribution in [2.75, 3.05) is 19.8 Å². The van der Waals surface area contributed by atoms with Crippen LogP contribution in [-0.2, 0) is 23.8 Å². The van der Waals surface area contributed by atoms with Gasteiger partial charge in [0.1, 0.15) is 6.61 Å². The molecule has 0 aliphatic carbocycles. The Bertz CT molecular complexity index is 1310. The first-order valence-corrected chi connectivity index (χ1v) is 27.4. The van der Waals surface area contributed by atoms with Crippen molar-refractivity contribution in [2.24, 2.45) is 0 Å². The van der Waals surface area contributed by atoms with Crippen molar-refractivity contribution in [1.82, 2.24) is 0 Å². The maximum Gasteiger partial charge on any atom is 0.306 e. The molecule has 0 N–H and O–H groups in total. The van der Waals surface area contributed by atoms with Gasteiger partial charge in [-0.05, 0) is 116 Å². The minimum atomic E-state index is -0.575. The predicted molar refractivity (Wildman–Crippen MR) is 288 cm³/mol. The van der Waals surface area contributed by atoms with E-state index in [1.807, 2.05) is 0 Å². The second-order valence-corrected chi connectivity index (χ2v) is 17.7. The quantitative estimate of drug-likeness (QED) is 0.0346. The van der Waals surface area contributed by atoms with Crippen LogP contribution in [0.4, 0.5) is 0 Å². The highest BCUT2D eigenvalue weighted by molar-refractivity contribution is 5.70. The molecule has 376 valence electrons. The molecule has 0 saturated carbocycles. The van der Waals surface area contributed by atoms with Crippen LogP contribution in [0.5, 0.6) is 0 Å². The number of rotatable bonds is 49. The molecule has 0 fully saturated rings. The van der Waals surface area contributed by atoms with E-state index < -0.39 is 6.10 Å². The number of unbranched alkanes of at least 4 members (excludes halogenated alkanes) is 20. The number of esters is 2. The van der Waals surface area contributed by atoms with Gasteiger partial charge in [0.25, 0.3) is 0 Å². The molecule has 0 heterocycles. The van der Waals surface area contributed by atoms with Gasteiger partial charge in [-0.1, -0.05) is 220 Å². The van der Waals surface area contributed by atoms with Gasteiger partial charge in [0.05, 0.1) is 6.61 Å². The molecule has 0 radical (unpaired) electrons. The molecule has 0 aliphatic rings. The summed E-state index contributed by atoms with van der Waals surface area (Å²) in [6.45, 7) is 7.54. The second-order valence-electron chi connectivity index (χ2n) is 17.7. The number of allylic oxidation sites excluding steroid dienone is 18. The Kier molecular flexibility index (Phi) is 53.0. The molecule has 0 aromatic rings. The summed E-state index contributed by atoms with van der Waals surface area (Å²) in [4.78, 5) is 25.4. The standard InChI is InChI=1S/C61H102O5/c1-4-7-10-13-16-19-22-25-27-29-30-31-33-35-38-41-44-47-50-53-56-64-57-59(66-61(63)55-52-49-46-43-40-36-24-21-18-15-12-9-6-3)58-65-60(62)54-51-48-45-42-39-37-34-32-28-26-23-20-17-14-11-8-5-2/h8,11-12,15-17,19-21,24-28,34,37,42,45,59H,4-7,9-10,13-14,18,22-23,29-33,35-36,38-41,43-44,46-58H2,1-3H3/b11-8-,15-12-,19-16-,20-17-,24-21-,27-25-,28-26-,37-34-,45-42-. The first-order valence-electron chi connectivity index (χ1n) is 27.4. The van der Waals surface area contributed by atoms with E-state index in [-0.39, 0.29) is 25.2 Å². The molecule has 5 heteroatoms. The maximum absolute atomic E-state index is 12.8. The van der Waals surface area contributed by atoms with Crippen molar-refractivity contribution in [1.29, 1.82) is 0 Å². The molecular formula is C61H102O5. The Hall–Kier alpha value is -3.44. The van der Waals surface area contributed by atoms with Crippen molar-refractivity contribution in [3.8, 4) is 0 Å². The van der Waals surface area contributed by atoms with E-state index in [9.17, 15) is 9.59 Å². The lowest BCUT2D eigenvalue weighted by Gasteiger charge is -2.18. The third-order valence-electron chi connectivity index (χ3n) is 11.2. The first kappa shape index (κ1) is 62.6. The summed E-state index contributed by atoms with van der Waals surface area (Å²) in [6, 6.07) is 0. The summed E-state index contributed by atoms with van der Waals surface area (Å²) in [6.07, 6.45) is 76.8. The van der Waals surface area contributed by atoms with Crippen molar-refractivity contribution in [3.05, 3.63) is 109 Å². The van der Waals surface area contributed by atoms with Crippen LogP contribution in [0.25, 0.3) is 0 Å². The molecule has 0 rings (SSSR count). The van der Waals surface area contributed by atoms with Gasteiger partial charge in [-0.15, -0.1) is 0 Å². The van der Waals surface area contributed by atoms with E-state index in [1.165, 1.54) is 103 Å². The van der Waals surface area contributed by atoms with Gasteiger partial charge in [0, 0.05) is 19.4 Å². The van der Waals surface area contributed by atoms with Crippen molar-refractivity contribution in [2.45, 2.75) is 245 Å². The second kappa shape index (κ2) is 55.9. The summed E-state index contributed by atoms with van der Waals surface area (Å²) >= 11 is 0. The normalized spacial score (nSPS) is 13.1. The molecule has 0 aromatic heterocycles. The molecule has 1 unspecified atom stereocenters. The molecule has 0 saturated heterocycles. The first-order chi connectivity index (χ1) is 32.6. The highest BCUT2D eigenvalue weighted by Crippen LogP contribution is 2.13. The summed E-state index contributed by atoms with van der Waals surface area (Å²) < 4.78 is 17.4. The summed E-state index contributed by atoms with van der Waals surface area (Å²) in [5.41, 5.74) is 0. The summed E-state index contributed by atoms with van der Waals surface area (Å²) in [5.74, 6) is -0.485. The van der Waals surface area contributed by atoms with Crippen LogP contribution >= 0.6 is 0 Å². The Balaban J connectivity index is 4.36. The Morgan fingerprint density at radius 1 is 0.348 bits per heavy atom. The smallest absolute Gasteiger partial charge is 0.306 e. The molecule has 66 heavy (non-hydrogen) atoms. The average molecular weight is 915 g/mol. The van der Waals surface area contributed by atoms with Crippen LogP contribution in [0.3, 0.4) is 0 Å². The van der Waals surface area contributed by atoms with E-state index in [1.54, 1.807) is 0 Å². The van der Waals surface area contributed by atoms with Gasteiger partial charge in [0.15, 0.2) is 6.10 Å². The van der Waals surface area contributed by atoms with Crippen LogP contribution in [0.2, 0.25) is 0 Å². The topological polar surface area (TPSA) is 61.8 Å². The Morgan fingerprint density at radius 2 is 0.727 bits per heavy atom. The van der Waals surface area contributed by atoms with Crippen LogP contribution < -0.4 is 0 Å². The zero-order chi connectivity index (χ0) is 47.7. The van der Waals surface area contributed by atoms with Gasteiger partial charge >= 0.3 is 11.9 Å². The largest absolute Gasteiger partial charge is 0.462 e. The van der Waals surface area contributed by atoms with Gasteiger partial charge in [0.2, 0.25) is 0 Å². The van der Waals surface area contributed by atoms with Crippen LogP contribution in [0, 0.1) is 0 Å². The van der Waals surface area contributed by atoms with Crippen LogP contribution in [-0.4, -0.2) is 37.9 Å². The van der Waals surface area contributed by atoms with Crippen molar-refractivity contribution < 1.29 is 23.8 Å². The SMILES string of the molecule is CC/C=C\C/C=C\C/C=C\C/C=C\C/C=C\CCCC(=O)OCC(COCCCCCCCCCCCC/C=C\C/C=C\CCCCC)OC(=O)CCCCCCC/C=C\C/C=C\CCC. The molecular weight excluding hydrogens is 813 g/mol. The van der Waals surface area contributed by atoms with Gasteiger partial charge in [-0.3, -0.25) is 9.59 Å². The zero-order valence-electron chi connectivity index (χ0n) is 43.2. The molecule has 1 atom stereocenters. The molecule has 0 spiro atoms. The molecule has 0 amide bonds. The van der Waals surface area contributed by atoms with Crippen molar-refractivity contribution in [3.63, 3.8) is 0 Å². The predicted octanol–water partition coefficient (Wildman–Crippen LogP) is 18.8. The summed E-state index contributed by atoms with van der Waals surface area (Å²) in [7, 11) is 0. The van der Waals surface area contributed by atoms with E-state index in [0.717, 1.165) is 103 Å². The van der Waals surface area contributed by atoms with Gasteiger partial charge in [-0.2, -0.15) is 0 Å². The summed E-state index contributed by atoms with van der Waals surface area (Å²) in [5, 5.41) is 0. The number of carbonyl (C=O) groups is 2. The minimum Gasteiger partial charge on any atom is -0.462 e. The Labute approximate surface area is 408 Å². The van der Waals surface area contributed by atoms with Gasteiger partial charge in [-0.25, -0.2) is 0 Å². The van der Waals surface area contributed by atoms with E-state index in [0.29, 0.717) is 19.4 Å². The fourth-order valence-electron chi connectivity index (χ4n) is 7.20. The van der Waals surface area contributed by atoms with Crippen molar-refractivity contribution >= 4 is 11.9 Å². The third-order valence-corrected chi connectivity index (χ3v) is 11.2. The third kappa shape index (κ3) is 53.2. The lowest BCUT2D eigenvalue weighted by atomic mass is 10.1. The average Bonchev–Trinajstić information content (AvgIpc) is 3.32. The number of hydrogen-bond acceptors (Lipinski definition) is 5. The number of carbonyl (C=O) groups excluding carboxylic acids is 2. The lowest BCUT2D eigenvalue weighted by molar-refractivity contribution is -0.163. The zero-order valence-corrected chi connectivity index (χ0v) is 43.2. The lowest BCUT2D eigenvalue weighted by Crippen LogP contribution is -2.30. The fourth-order valence-corrected chi connectivity index (χ4v) is 7.20. The number of hydrogen-bond donors (Lipinski definition) is 0. The van der Waals surface area contributed by atoms with Crippen LogP contribution in [0.15, 0.2) is 109 Å². The monoisotopic (exact) mass is 915 g/mol. The van der Waals surface area contributed by atoms with E-state index in [2.05, 4.69) is 130 Å². The van der Waals surface area contributed by atoms with Gasteiger partial charge < -0.3 is 14.2 Å². The Morgan fingerprint density at radius 3 is 1.20 bits per heavy atom.